The van der Waals surface area contributed by atoms with Crippen molar-refractivity contribution in [1.29, 1.82) is 0 Å². The molecule has 14 heavy (non-hydrogen) atoms. The zero-order valence-electron chi connectivity index (χ0n) is 8.70. The Morgan fingerprint density at radius 2 is 2.14 bits per heavy atom. The van der Waals surface area contributed by atoms with Gasteiger partial charge in [0.1, 0.15) is 0 Å². The molecule has 1 aromatic heterocycles. The normalized spacial score (nSPS) is 13.4. The van der Waals surface area contributed by atoms with E-state index < -0.39 is 0 Å². The van der Waals surface area contributed by atoms with Gasteiger partial charge in [-0.1, -0.05) is 18.2 Å². The van der Waals surface area contributed by atoms with Gasteiger partial charge in [-0.3, -0.25) is 0 Å². The zero-order chi connectivity index (χ0) is 10.1. The van der Waals surface area contributed by atoms with Crippen molar-refractivity contribution in [2.45, 2.75) is 19.4 Å². The van der Waals surface area contributed by atoms with Gasteiger partial charge in [-0.15, -0.1) is 0 Å². The summed E-state index contributed by atoms with van der Waals surface area (Å²) in [6, 6.07) is 8.75. The van der Waals surface area contributed by atoms with Crippen molar-refractivity contribution < 1.29 is 0 Å². The van der Waals surface area contributed by atoms with Crippen molar-refractivity contribution >= 4 is 10.9 Å². The molecule has 0 aliphatic rings. The van der Waals surface area contributed by atoms with Gasteiger partial charge in [-0.25, -0.2) is 0 Å². The molecule has 74 valence electrons. The third-order valence-corrected chi connectivity index (χ3v) is 2.52. The van der Waals surface area contributed by atoms with E-state index in [2.05, 4.69) is 42.1 Å². The van der Waals surface area contributed by atoms with E-state index in [-0.39, 0.29) is 6.04 Å². The van der Waals surface area contributed by atoms with Gasteiger partial charge in [0.05, 0.1) is 5.52 Å². The Hall–Kier alpha value is -1.28. The van der Waals surface area contributed by atoms with Crippen molar-refractivity contribution in [1.82, 2.24) is 4.57 Å². The minimum absolute atomic E-state index is 0.218. The lowest BCUT2D eigenvalue weighted by Gasteiger charge is -2.08. The average molecular weight is 188 g/mol. The molecule has 1 unspecified atom stereocenters. The average Bonchev–Trinajstić information content (AvgIpc) is 2.48. The first-order valence-corrected chi connectivity index (χ1v) is 4.97. The summed E-state index contributed by atoms with van der Waals surface area (Å²) in [6.07, 6.45) is 3.03. The van der Waals surface area contributed by atoms with Crippen LogP contribution in [0, 0.1) is 0 Å². The fourth-order valence-electron chi connectivity index (χ4n) is 1.95. The lowest BCUT2D eigenvalue weighted by Crippen LogP contribution is -2.18. The molecule has 0 saturated carbocycles. The second kappa shape index (κ2) is 3.46. The summed E-state index contributed by atoms with van der Waals surface area (Å²) < 4.78 is 2.16. The van der Waals surface area contributed by atoms with Gasteiger partial charge in [0.25, 0.3) is 0 Å². The van der Waals surface area contributed by atoms with Crippen molar-refractivity contribution in [3.05, 3.63) is 36.0 Å². The highest BCUT2D eigenvalue weighted by molar-refractivity contribution is 5.83. The van der Waals surface area contributed by atoms with Crippen LogP contribution in [0.25, 0.3) is 10.9 Å². The molecule has 0 aliphatic carbocycles. The Bertz CT molecular complexity index is 441. The maximum absolute atomic E-state index is 5.83. The first-order valence-electron chi connectivity index (χ1n) is 4.97. The molecular formula is C12H16N2. The summed E-state index contributed by atoms with van der Waals surface area (Å²) in [5, 5.41) is 1.30. The van der Waals surface area contributed by atoms with Gasteiger partial charge in [-0.2, -0.15) is 0 Å². The van der Waals surface area contributed by atoms with Gasteiger partial charge in [-0.05, 0) is 30.4 Å². The van der Waals surface area contributed by atoms with Crippen LogP contribution >= 0.6 is 0 Å². The van der Waals surface area contributed by atoms with E-state index in [0.29, 0.717) is 0 Å². The Balaban J connectivity index is 2.57. The number of fused-ring (bicyclic) bond motifs is 1. The largest absolute Gasteiger partial charge is 0.350 e. The monoisotopic (exact) mass is 188 g/mol. The molecule has 2 N–H and O–H groups in total. The van der Waals surface area contributed by atoms with Gasteiger partial charge < -0.3 is 10.3 Å². The molecule has 0 spiro atoms. The van der Waals surface area contributed by atoms with Crippen LogP contribution in [0.3, 0.4) is 0 Å². The Kier molecular flexibility index (Phi) is 2.30. The summed E-state index contributed by atoms with van der Waals surface area (Å²) in [6.45, 7) is 2.04. The molecule has 2 nitrogen and oxygen atoms in total. The topological polar surface area (TPSA) is 30.9 Å². The van der Waals surface area contributed by atoms with Crippen LogP contribution in [0.15, 0.2) is 30.5 Å². The summed E-state index contributed by atoms with van der Waals surface area (Å²) in [5.74, 6) is 0. The number of nitrogens with two attached hydrogens (primary N) is 1. The fraction of sp³-hybridized carbons (Fsp3) is 0.333. The smallest absolute Gasteiger partial charge is 0.0510 e. The molecule has 2 rings (SSSR count). The van der Waals surface area contributed by atoms with Gasteiger partial charge in [0, 0.05) is 19.3 Å². The Labute approximate surface area is 84.3 Å². The van der Waals surface area contributed by atoms with Crippen molar-refractivity contribution in [2.24, 2.45) is 12.8 Å². The highest BCUT2D eigenvalue weighted by Gasteiger charge is 2.05. The highest BCUT2D eigenvalue weighted by Crippen LogP contribution is 2.20. The van der Waals surface area contributed by atoms with Crippen LogP contribution < -0.4 is 5.73 Å². The number of hydrogen-bond donors (Lipinski definition) is 1. The predicted molar refractivity (Wildman–Crippen MR) is 60.3 cm³/mol. The molecule has 2 aromatic rings. The van der Waals surface area contributed by atoms with Crippen LogP contribution in [0.4, 0.5) is 0 Å². The lowest BCUT2D eigenvalue weighted by molar-refractivity contribution is 0.738. The first kappa shape index (κ1) is 9.28. The molecule has 0 bridgehead atoms. The van der Waals surface area contributed by atoms with E-state index in [4.69, 9.17) is 5.73 Å². The second-order valence-electron chi connectivity index (χ2n) is 3.96. The molecule has 0 radical (unpaired) electrons. The number of nitrogens with zero attached hydrogens (tertiary/aromatic N) is 1. The zero-order valence-corrected chi connectivity index (χ0v) is 8.70. The molecule has 1 aromatic carbocycles. The highest BCUT2D eigenvalue weighted by atomic mass is 14.9. The van der Waals surface area contributed by atoms with Gasteiger partial charge in [0.15, 0.2) is 0 Å². The van der Waals surface area contributed by atoms with E-state index in [1.165, 1.54) is 16.5 Å². The van der Waals surface area contributed by atoms with Crippen LogP contribution in [0.2, 0.25) is 0 Å². The van der Waals surface area contributed by atoms with E-state index in [1.54, 1.807) is 0 Å². The van der Waals surface area contributed by atoms with Crippen LogP contribution in [0.5, 0.6) is 0 Å². The van der Waals surface area contributed by atoms with Crippen molar-refractivity contribution in [3.8, 4) is 0 Å². The van der Waals surface area contributed by atoms with E-state index >= 15 is 0 Å². The summed E-state index contributed by atoms with van der Waals surface area (Å²) >= 11 is 0. The number of aromatic nitrogens is 1. The molecule has 0 amide bonds. The second-order valence-corrected chi connectivity index (χ2v) is 3.96. The SMILES string of the molecule is CC(N)Cc1cccc2ccn(C)c12. The van der Waals surface area contributed by atoms with E-state index in [9.17, 15) is 0 Å². The number of para-hydroxylation sites is 1. The fourth-order valence-corrected chi connectivity index (χ4v) is 1.95. The van der Waals surface area contributed by atoms with Gasteiger partial charge >= 0.3 is 0 Å². The number of rotatable bonds is 2. The first-order chi connectivity index (χ1) is 6.68. The Morgan fingerprint density at radius 1 is 1.36 bits per heavy atom. The minimum atomic E-state index is 0.218. The number of hydrogen-bond acceptors (Lipinski definition) is 1. The van der Waals surface area contributed by atoms with Crippen molar-refractivity contribution in [2.75, 3.05) is 0 Å². The maximum Gasteiger partial charge on any atom is 0.0510 e. The standard InChI is InChI=1S/C12H16N2/c1-9(13)8-11-5-3-4-10-6-7-14(2)12(10)11/h3-7,9H,8,13H2,1-2H3. The molecule has 0 saturated heterocycles. The maximum atomic E-state index is 5.83. The van der Waals surface area contributed by atoms with Crippen LogP contribution in [-0.4, -0.2) is 10.6 Å². The number of benzene rings is 1. The summed E-state index contributed by atoms with van der Waals surface area (Å²) in [7, 11) is 2.08. The Morgan fingerprint density at radius 3 is 2.86 bits per heavy atom. The summed E-state index contributed by atoms with van der Waals surface area (Å²) in [4.78, 5) is 0. The van der Waals surface area contributed by atoms with Crippen LogP contribution in [-0.2, 0) is 13.5 Å². The van der Waals surface area contributed by atoms with Gasteiger partial charge in [0.2, 0.25) is 0 Å². The molecule has 0 fully saturated rings. The third kappa shape index (κ3) is 1.53. The molecule has 1 heterocycles. The molecule has 0 aliphatic heterocycles. The van der Waals surface area contributed by atoms with Crippen LogP contribution in [0.1, 0.15) is 12.5 Å². The van der Waals surface area contributed by atoms with Crippen molar-refractivity contribution in [3.63, 3.8) is 0 Å². The lowest BCUT2D eigenvalue weighted by atomic mass is 10.1. The minimum Gasteiger partial charge on any atom is -0.350 e. The summed E-state index contributed by atoms with van der Waals surface area (Å²) in [5.41, 5.74) is 8.47. The molecule has 1 atom stereocenters. The molecule has 2 heteroatoms. The predicted octanol–water partition coefficient (Wildman–Crippen LogP) is 2.07. The molecular weight excluding hydrogens is 172 g/mol. The third-order valence-electron chi connectivity index (χ3n) is 2.52. The van der Waals surface area contributed by atoms with E-state index in [0.717, 1.165) is 6.42 Å². The van der Waals surface area contributed by atoms with E-state index in [1.807, 2.05) is 6.92 Å². The number of aryl methyl sites for hydroxylation is 1. The quantitative estimate of drug-likeness (QED) is 0.768.